The number of anilines is 1. The summed E-state index contributed by atoms with van der Waals surface area (Å²) in [5.74, 6) is 0.545. The molecule has 0 aliphatic carbocycles. The molecular weight excluding hydrogens is 266 g/mol. The van der Waals surface area contributed by atoms with Crippen LogP contribution in [0.4, 0.5) is 5.13 Å². The second-order valence-electron chi connectivity index (χ2n) is 5.92. The molecule has 0 radical (unpaired) electrons. The van der Waals surface area contributed by atoms with E-state index in [1.807, 2.05) is 11.3 Å². The van der Waals surface area contributed by atoms with E-state index in [2.05, 4.69) is 51.9 Å². The molecule has 1 aromatic heterocycles. The molecule has 4 heteroatoms. The highest BCUT2D eigenvalue weighted by molar-refractivity contribution is 7.15. The summed E-state index contributed by atoms with van der Waals surface area (Å²) in [7, 11) is 2.16. The number of aromatic nitrogens is 1. The van der Waals surface area contributed by atoms with Crippen molar-refractivity contribution in [3.8, 4) is 0 Å². The van der Waals surface area contributed by atoms with Crippen molar-refractivity contribution in [3.05, 3.63) is 10.6 Å². The van der Waals surface area contributed by atoms with Gasteiger partial charge in [-0.1, -0.05) is 41.0 Å². The Morgan fingerprint density at radius 3 is 2.50 bits per heavy atom. The molecular formula is C16H31N3S. The highest BCUT2D eigenvalue weighted by Gasteiger charge is 2.17. The molecule has 1 atom stereocenters. The van der Waals surface area contributed by atoms with Crippen molar-refractivity contribution in [1.29, 1.82) is 0 Å². The molecule has 0 bridgehead atoms. The van der Waals surface area contributed by atoms with Gasteiger partial charge in [0, 0.05) is 31.1 Å². The fraction of sp³-hybridized carbons (Fsp3) is 0.812. The summed E-state index contributed by atoms with van der Waals surface area (Å²) < 4.78 is 0. The number of nitrogens with zero attached hydrogens (tertiary/aromatic N) is 2. The van der Waals surface area contributed by atoms with Gasteiger partial charge in [-0.25, -0.2) is 4.98 Å². The second-order valence-corrected chi connectivity index (χ2v) is 6.99. The zero-order chi connectivity index (χ0) is 15.1. The Morgan fingerprint density at radius 1 is 1.25 bits per heavy atom. The topological polar surface area (TPSA) is 28.2 Å². The molecule has 20 heavy (non-hydrogen) atoms. The van der Waals surface area contributed by atoms with Crippen molar-refractivity contribution in [2.75, 3.05) is 18.5 Å². The third-order valence-electron chi connectivity index (χ3n) is 3.64. The van der Waals surface area contributed by atoms with Crippen LogP contribution in [0.1, 0.15) is 70.4 Å². The van der Waals surface area contributed by atoms with E-state index in [1.165, 1.54) is 28.5 Å². The first-order valence-electron chi connectivity index (χ1n) is 7.93. The van der Waals surface area contributed by atoms with E-state index in [0.29, 0.717) is 12.0 Å². The van der Waals surface area contributed by atoms with Gasteiger partial charge >= 0.3 is 0 Å². The van der Waals surface area contributed by atoms with Gasteiger partial charge in [0.2, 0.25) is 0 Å². The van der Waals surface area contributed by atoms with Crippen LogP contribution in [-0.4, -0.2) is 24.6 Å². The van der Waals surface area contributed by atoms with Crippen molar-refractivity contribution >= 4 is 16.5 Å². The Morgan fingerprint density at radius 2 is 1.95 bits per heavy atom. The van der Waals surface area contributed by atoms with Crippen molar-refractivity contribution in [2.45, 2.75) is 72.4 Å². The first kappa shape index (κ1) is 17.4. The highest BCUT2D eigenvalue weighted by atomic mass is 32.1. The van der Waals surface area contributed by atoms with Gasteiger partial charge in [-0.2, -0.15) is 0 Å². The van der Waals surface area contributed by atoms with Crippen molar-refractivity contribution < 1.29 is 0 Å². The fourth-order valence-electron chi connectivity index (χ4n) is 2.01. The number of hydrogen-bond donors (Lipinski definition) is 1. The molecule has 1 heterocycles. The van der Waals surface area contributed by atoms with E-state index in [1.54, 1.807) is 0 Å². The molecule has 0 amide bonds. The normalized spacial score (nSPS) is 12.9. The average molecular weight is 298 g/mol. The minimum Gasteiger partial charge on any atom is -0.351 e. The van der Waals surface area contributed by atoms with Gasteiger partial charge in [0.1, 0.15) is 0 Å². The number of nitrogens with one attached hydrogen (secondary N) is 1. The van der Waals surface area contributed by atoms with Crippen molar-refractivity contribution in [2.24, 2.45) is 0 Å². The standard InChI is InChI=1S/C16H31N3S/c1-7-9-10-19(6)16-18-15(13(5)8-2)14(20-16)11-17-12(3)4/h12-13,17H,7-11H2,1-6H3. The lowest BCUT2D eigenvalue weighted by atomic mass is 10.0. The number of hydrogen-bond acceptors (Lipinski definition) is 4. The van der Waals surface area contributed by atoms with Crippen LogP contribution < -0.4 is 10.2 Å². The lowest BCUT2D eigenvalue weighted by molar-refractivity contribution is 0.584. The van der Waals surface area contributed by atoms with Gasteiger partial charge in [0.05, 0.1) is 5.69 Å². The van der Waals surface area contributed by atoms with E-state index >= 15 is 0 Å². The van der Waals surface area contributed by atoms with Gasteiger partial charge in [0.15, 0.2) is 5.13 Å². The van der Waals surface area contributed by atoms with Crippen molar-refractivity contribution in [3.63, 3.8) is 0 Å². The summed E-state index contributed by atoms with van der Waals surface area (Å²) in [6, 6.07) is 0.517. The third-order valence-corrected chi connectivity index (χ3v) is 4.83. The van der Waals surface area contributed by atoms with Crippen molar-refractivity contribution in [1.82, 2.24) is 10.3 Å². The van der Waals surface area contributed by atoms with Crippen LogP contribution in [-0.2, 0) is 6.54 Å². The van der Waals surface area contributed by atoms with Gasteiger partial charge in [-0.3, -0.25) is 0 Å². The second kappa shape index (κ2) is 8.63. The monoisotopic (exact) mass is 297 g/mol. The SMILES string of the molecule is CCCCN(C)c1nc(C(C)CC)c(CNC(C)C)s1. The number of unbranched alkanes of at least 4 members (excludes halogenated alkanes) is 1. The smallest absolute Gasteiger partial charge is 0.185 e. The van der Waals surface area contributed by atoms with E-state index in [0.717, 1.165) is 19.5 Å². The molecule has 116 valence electrons. The maximum absolute atomic E-state index is 4.92. The van der Waals surface area contributed by atoms with Gasteiger partial charge in [-0.15, -0.1) is 11.3 Å². The van der Waals surface area contributed by atoms with Gasteiger partial charge < -0.3 is 10.2 Å². The molecule has 1 aromatic rings. The van der Waals surface area contributed by atoms with Crippen LogP contribution in [0.15, 0.2) is 0 Å². The molecule has 3 nitrogen and oxygen atoms in total. The van der Waals surface area contributed by atoms with Crippen LogP contribution >= 0.6 is 11.3 Å². The lowest BCUT2D eigenvalue weighted by Gasteiger charge is -2.14. The quantitative estimate of drug-likeness (QED) is 0.732. The molecule has 0 saturated heterocycles. The largest absolute Gasteiger partial charge is 0.351 e. The van der Waals surface area contributed by atoms with Crippen LogP contribution in [0, 0.1) is 0 Å². The Labute approximate surface area is 128 Å². The molecule has 1 N–H and O–H groups in total. The summed E-state index contributed by atoms with van der Waals surface area (Å²) in [6.45, 7) is 13.2. The van der Waals surface area contributed by atoms with Gasteiger partial charge in [0.25, 0.3) is 0 Å². The maximum Gasteiger partial charge on any atom is 0.185 e. The van der Waals surface area contributed by atoms with E-state index in [9.17, 15) is 0 Å². The van der Waals surface area contributed by atoms with Crippen LogP contribution in [0.3, 0.4) is 0 Å². The predicted octanol–water partition coefficient (Wildman–Crippen LogP) is 4.39. The molecule has 1 rings (SSSR count). The summed E-state index contributed by atoms with van der Waals surface area (Å²) in [5.41, 5.74) is 1.30. The predicted molar refractivity (Wildman–Crippen MR) is 91.0 cm³/mol. The number of thiazole rings is 1. The minimum absolute atomic E-state index is 0.517. The first-order chi connectivity index (χ1) is 9.49. The average Bonchev–Trinajstić information content (AvgIpc) is 2.85. The zero-order valence-corrected chi connectivity index (χ0v) is 14.8. The van der Waals surface area contributed by atoms with Gasteiger partial charge in [-0.05, 0) is 18.8 Å². The molecule has 0 spiro atoms. The van der Waals surface area contributed by atoms with E-state index < -0.39 is 0 Å². The molecule has 0 saturated carbocycles. The third kappa shape index (κ3) is 5.06. The maximum atomic E-state index is 4.92. The Balaban J connectivity index is 2.86. The summed E-state index contributed by atoms with van der Waals surface area (Å²) in [6.07, 6.45) is 3.61. The molecule has 0 aliphatic rings. The Bertz CT molecular complexity index is 387. The Hall–Kier alpha value is -0.610. The lowest BCUT2D eigenvalue weighted by Crippen LogP contribution is -2.22. The summed E-state index contributed by atoms with van der Waals surface area (Å²) >= 11 is 1.86. The fourth-order valence-corrected chi connectivity index (χ4v) is 3.13. The molecule has 1 unspecified atom stereocenters. The van der Waals surface area contributed by atoms with E-state index in [-0.39, 0.29) is 0 Å². The first-order valence-corrected chi connectivity index (χ1v) is 8.75. The number of rotatable bonds is 9. The van der Waals surface area contributed by atoms with Crippen LogP contribution in [0.2, 0.25) is 0 Å². The van der Waals surface area contributed by atoms with E-state index in [4.69, 9.17) is 4.98 Å². The Kier molecular flexibility index (Phi) is 7.52. The molecule has 0 aromatic carbocycles. The molecule has 0 fully saturated rings. The highest BCUT2D eigenvalue weighted by Crippen LogP contribution is 2.31. The van der Waals surface area contributed by atoms with Crippen LogP contribution in [0.25, 0.3) is 0 Å². The minimum atomic E-state index is 0.517. The zero-order valence-electron chi connectivity index (χ0n) is 14.0. The van der Waals surface area contributed by atoms with Crippen LogP contribution in [0.5, 0.6) is 0 Å². The molecule has 0 aliphatic heterocycles. The summed E-state index contributed by atoms with van der Waals surface area (Å²) in [4.78, 5) is 8.63. The summed E-state index contributed by atoms with van der Waals surface area (Å²) in [5, 5.41) is 4.70.